The average molecular weight is 227 g/mol. The molecule has 2 heteroatoms. The molecule has 1 nitrogen and oxygen atoms in total. The number of piperidine rings is 1. The predicted octanol–water partition coefficient (Wildman–Crippen LogP) is 3.35. The maximum absolute atomic E-state index is 4.27. The van der Waals surface area contributed by atoms with Gasteiger partial charge in [0.2, 0.25) is 0 Å². The van der Waals surface area contributed by atoms with Crippen molar-refractivity contribution in [2.24, 2.45) is 5.41 Å². The number of rotatable bonds is 4. The van der Waals surface area contributed by atoms with Crippen molar-refractivity contribution >= 4 is 12.6 Å². The van der Waals surface area contributed by atoms with Crippen LogP contribution in [0.25, 0.3) is 0 Å². The Labute approximate surface area is 100 Å². The molecule has 0 atom stereocenters. The van der Waals surface area contributed by atoms with Crippen molar-refractivity contribution in [3.8, 4) is 0 Å². The van der Waals surface area contributed by atoms with Crippen LogP contribution >= 0.6 is 12.6 Å². The number of hydrogen-bond acceptors (Lipinski definition) is 2. The van der Waals surface area contributed by atoms with Crippen LogP contribution in [0.5, 0.6) is 0 Å². The second-order valence-corrected chi connectivity index (χ2v) is 5.93. The van der Waals surface area contributed by atoms with Crippen molar-refractivity contribution in [3.05, 3.63) is 0 Å². The molecule has 1 saturated heterocycles. The van der Waals surface area contributed by atoms with Gasteiger partial charge in [-0.1, -0.05) is 12.8 Å². The maximum Gasteiger partial charge on any atom is -0.00134 e. The first-order valence-electron chi connectivity index (χ1n) is 6.68. The molecule has 2 fully saturated rings. The SMILES string of the molecule is SCCCCN1CCC2(CCCC2)CC1. The van der Waals surface area contributed by atoms with E-state index in [0.717, 1.165) is 11.2 Å². The minimum atomic E-state index is 0.792. The van der Waals surface area contributed by atoms with Crippen LogP contribution in [-0.2, 0) is 0 Å². The van der Waals surface area contributed by atoms with Crippen LogP contribution in [-0.4, -0.2) is 30.3 Å². The highest BCUT2D eigenvalue weighted by atomic mass is 32.1. The highest BCUT2D eigenvalue weighted by molar-refractivity contribution is 7.80. The second-order valence-electron chi connectivity index (χ2n) is 5.48. The molecule has 1 spiro atoms. The number of likely N-dealkylation sites (tertiary alicyclic amines) is 1. The van der Waals surface area contributed by atoms with Crippen LogP contribution in [0.4, 0.5) is 0 Å². The molecular weight excluding hydrogens is 202 g/mol. The first-order valence-corrected chi connectivity index (χ1v) is 7.31. The van der Waals surface area contributed by atoms with E-state index in [0.29, 0.717) is 0 Å². The number of hydrogen-bond donors (Lipinski definition) is 1. The Morgan fingerprint density at radius 3 is 2.20 bits per heavy atom. The first-order chi connectivity index (χ1) is 7.35. The largest absolute Gasteiger partial charge is 0.303 e. The molecule has 0 radical (unpaired) electrons. The third-order valence-electron chi connectivity index (χ3n) is 4.46. The van der Waals surface area contributed by atoms with Crippen molar-refractivity contribution in [1.82, 2.24) is 4.90 Å². The third-order valence-corrected chi connectivity index (χ3v) is 4.78. The highest BCUT2D eigenvalue weighted by Gasteiger charge is 2.36. The predicted molar refractivity (Wildman–Crippen MR) is 69.7 cm³/mol. The maximum atomic E-state index is 4.27. The van der Waals surface area contributed by atoms with Gasteiger partial charge in [0.05, 0.1) is 0 Å². The van der Waals surface area contributed by atoms with Crippen LogP contribution in [0.1, 0.15) is 51.4 Å². The van der Waals surface area contributed by atoms with Gasteiger partial charge in [-0.2, -0.15) is 12.6 Å². The Morgan fingerprint density at radius 1 is 0.933 bits per heavy atom. The van der Waals surface area contributed by atoms with Crippen molar-refractivity contribution in [2.75, 3.05) is 25.4 Å². The zero-order valence-corrected chi connectivity index (χ0v) is 10.8. The van der Waals surface area contributed by atoms with E-state index < -0.39 is 0 Å². The molecule has 15 heavy (non-hydrogen) atoms. The van der Waals surface area contributed by atoms with Crippen molar-refractivity contribution < 1.29 is 0 Å². The molecule has 1 aliphatic heterocycles. The molecule has 2 aliphatic rings. The van der Waals surface area contributed by atoms with Gasteiger partial charge in [-0.25, -0.2) is 0 Å². The Balaban J connectivity index is 1.67. The summed E-state index contributed by atoms with van der Waals surface area (Å²) >= 11 is 4.27. The quantitative estimate of drug-likeness (QED) is 0.569. The minimum Gasteiger partial charge on any atom is -0.303 e. The molecule has 1 heterocycles. The van der Waals surface area contributed by atoms with E-state index in [2.05, 4.69) is 17.5 Å². The summed E-state index contributed by atoms with van der Waals surface area (Å²) in [5.41, 5.74) is 0.792. The van der Waals surface area contributed by atoms with E-state index in [9.17, 15) is 0 Å². The third kappa shape index (κ3) is 3.13. The molecule has 88 valence electrons. The minimum absolute atomic E-state index is 0.792. The standard InChI is InChI=1S/C13H25NS/c15-12-4-3-9-14-10-7-13(8-11-14)5-1-2-6-13/h15H,1-12H2. The fraction of sp³-hybridized carbons (Fsp3) is 1.00. The Morgan fingerprint density at radius 2 is 1.60 bits per heavy atom. The summed E-state index contributed by atoms with van der Waals surface area (Å²) in [5, 5.41) is 0. The van der Waals surface area contributed by atoms with E-state index >= 15 is 0 Å². The second kappa shape index (κ2) is 5.58. The van der Waals surface area contributed by atoms with Gasteiger partial charge in [0.1, 0.15) is 0 Å². The van der Waals surface area contributed by atoms with Crippen LogP contribution < -0.4 is 0 Å². The zero-order chi connectivity index (χ0) is 10.6. The summed E-state index contributed by atoms with van der Waals surface area (Å²) < 4.78 is 0. The fourth-order valence-corrected chi connectivity index (χ4v) is 3.55. The summed E-state index contributed by atoms with van der Waals surface area (Å²) in [5.74, 6) is 1.05. The Kier molecular flexibility index (Phi) is 4.39. The highest BCUT2D eigenvalue weighted by Crippen LogP contribution is 2.45. The molecule has 2 rings (SSSR count). The number of nitrogens with zero attached hydrogens (tertiary/aromatic N) is 1. The van der Waals surface area contributed by atoms with Crippen molar-refractivity contribution in [3.63, 3.8) is 0 Å². The smallest absolute Gasteiger partial charge is 0.00134 e. The molecule has 0 aromatic heterocycles. The fourth-order valence-electron chi connectivity index (χ4n) is 3.32. The summed E-state index contributed by atoms with van der Waals surface area (Å²) in [7, 11) is 0. The number of thiol groups is 1. The van der Waals surface area contributed by atoms with Crippen molar-refractivity contribution in [1.29, 1.82) is 0 Å². The van der Waals surface area contributed by atoms with Crippen LogP contribution in [0, 0.1) is 5.41 Å². The van der Waals surface area contributed by atoms with E-state index in [1.165, 1.54) is 71.0 Å². The lowest BCUT2D eigenvalue weighted by atomic mass is 9.77. The molecule has 0 unspecified atom stereocenters. The summed E-state index contributed by atoms with van der Waals surface area (Å²) in [4.78, 5) is 2.67. The Bertz CT molecular complexity index is 177. The van der Waals surface area contributed by atoms with Crippen molar-refractivity contribution in [2.45, 2.75) is 51.4 Å². The van der Waals surface area contributed by atoms with Gasteiger partial charge in [0.25, 0.3) is 0 Å². The van der Waals surface area contributed by atoms with Gasteiger partial charge in [0.15, 0.2) is 0 Å². The van der Waals surface area contributed by atoms with Gasteiger partial charge in [-0.05, 0) is 69.3 Å². The molecule has 0 aromatic rings. The normalized spacial score (nSPS) is 26.2. The molecular formula is C13H25NS. The molecule has 1 aliphatic carbocycles. The van der Waals surface area contributed by atoms with E-state index in [1.54, 1.807) is 0 Å². The van der Waals surface area contributed by atoms with E-state index in [1.807, 2.05) is 0 Å². The average Bonchev–Trinajstić information content (AvgIpc) is 2.71. The summed E-state index contributed by atoms with van der Waals surface area (Å²) in [6.07, 6.45) is 11.6. The lowest BCUT2D eigenvalue weighted by molar-refractivity contribution is 0.108. The van der Waals surface area contributed by atoms with Crippen LogP contribution in [0.3, 0.4) is 0 Å². The van der Waals surface area contributed by atoms with E-state index in [-0.39, 0.29) is 0 Å². The van der Waals surface area contributed by atoms with Crippen LogP contribution in [0.15, 0.2) is 0 Å². The molecule has 1 saturated carbocycles. The molecule has 0 N–H and O–H groups in total. The molecule has 0 bridgehead atoms. The molecule has 0 aromatic carbocycles. The van der Waals surface area contributed by atoms with Gasteiger partial charge in [0, 0.05) is 0 Å². The topological polar surface area (TPSA) is 3.24 Å². The lowest BCUT2D eigenvalue weighted by Gasteiger charge is -2.39. The Hall–Kier alpha value is 0.310. The monoisotopic (exact) mass is 227 g/mol. The van der Waals surface area contributed by atoms with Gasteiger partial charge in [-0.3, -0.25) is 0 Å². The molecule has 0 amide bonds. The number of unbranched alkanes of at least 4 members (excludes halogenated alkanes) is 1. The van der Waals surface area contributed by atoms with Crippen LogP contribution in [0.2, 0.25) is 0 Å². The van der Waals surface area contributed by atoms with Gasteiger partial charge in [-0.15, -0.1) is 0 Å². The summed E-state index contributed by atoms with van der Waals surface area (Å²) in [6, 6.07) is 0. The zero-order valence-electron chi connectivity index (χ0n) is 9.88. The lowest BCUT2D eigenvalue weighted by Crippen LogP contribution is -2.39. The first kappa shape index (κ1) is 11.8. The van der Waals surface area contributed by atoms with Gasteiger partial charge >= 0.3 is 0 Å². The summed E-state index contributed by atoms with van der Waals surface area (Å²) in [6.45, 7) is 4.05. The van der Waals surface area contributed by atoms with E-state index in [4.69, 9.17) is 0 Å². The van der Waals surface area contributed by atoms with Gasteiger partial charge < -0.3 is 4.90 Å².